The van der Waals surface area contributed by atoms with Gasteiger partial charge in [0.25, 0.3) is 0 Å². The summed E-state index contributed by atoms with van der Waals surface area (Å²) in [6, 6.07) is 9.25. The Bertz CT molecular complexity index is 341. The fourth-order valence-corrected chi connectivity index (χ4v) is 1.70. The van der Waals surface area contributed by atoms with Crippen molar-refractivity contribution >= 4 is 5.78 Å². The average Bonchev–Trinajstić information content (AvgIpc) is 2.75. The van der Waals surface area contributed by atoms with Gasteiger partial charge in [0.1, 0.15) is 0 Å². The molecule has 1 fully saturated rings. The molecule has 1 aromatic rings. The molecule has 2 heteroatoms. The van der Waals surface area contributed by atoms with Gasteiger partial charge in [0.15, 0.2) is 5.78 Å². The van der Waals surface area contributed by atoms with Crippen molar-refractivity contribution in [1.82, 2.24) is 0 Å². The van der Waals surface area contributed by atoms with Crippen LogP contribution in [0.5, 0.6) is 0 Å². The molecule has 1 saturated carbocycles. The molecule has 0 heterocycles. The maximum absolute atomic E-state index is 11.7. The number of hydrogen-bond acceptors (Lipinski definition) is 2. The summed E-state index contributed by atoms with van der Waals surface area (Å²) in [5.41, 5.74) is 0.153. The van der Waals surface area contributed by atoms with E-state index in [1.54, 1.807) is 6.92 Å². The number of rotatable bonds is 3. The minimum Gasteiger partial charge on any atom is -0.390 e. The molecular formula is C12H14O2. The zero-order valence-corrected chi connectivity index (χ0v) is 8.23. The van der Waals surface area contributed by atoms with Gasteiger partial charge in [0.2, 0.25) is 0 Å². The van der Waals surface area contributed by atoms with Crippen LogP contribution in [0, 0.1) is 5.92 Å². The van der Waals surface area contributed by atoms with Gasteiger partial charge >= 0.3 is 0 Å². The molecule has 1 aliphatic carbocycles. The Kier molecular flexibility index (Phi) is 2.16. The summed E-state index contributed by atoms with van der Waals surface area (Å²) in [5.74, 6) is 0.295. The fraction of sp³-hybridized carbons (Fsp3) is 0.417. The Labute approximate surface area is 83.6 Å². The molecule has 0 aliphatic heterocycles. The monoisotopic (exact) mass is 190 g/mol. The van der Waals surface area contributed by atoms with Crippen LogP contribution in [0.4, 0.5) is 0 Å². The molecule has 74 valence electrons. The van der Waals surface area contributed by atoms with Crippen LogP contribution >= 0.6 is 0 Å². The zero-order chi connectivity index (χ0) is 10.2. The average molecular weight is 190 g/mol. The molecule has 2 atom stereocenters. The largest absolute Gasteiger partial charge is 0.390 e. The van der Waals surface area contributed by atoms with Crippen molar-refractivity contribution in [3.05, 3.63) is 35.9 Å². The van der Waals surface area contributed by atoms with E-state index in [0.29, 0.717) is 6.42 Å². The van der Waals surface area contributed by atoms with Crippen molar-refractivity contribution < 1.29 is 9.90 Å². The highest BCUT2D eigenvalue weighted by molar-refractivity contribution is 5.96. The molecule has 0 radical (unpaired) electrons. The normalized spacial score (nSPS) is 30.0. The van der Waals surface area contributed by atoms with Crippen LogP contribution in [0.25, 0.3) is 0 Å². The van der Waals surface area contributed by atoms with Crippen LogP contribution in [-0.2, 0) is 0 Å². The van der Waals surface area contributed by atoms with Crippen molar-refractivity contribution in [3.63, 3.8) is 0 Å². The van der Waals surface area contributed by atoms with Gasteiger partial charge in [-0.15, -0.1) is 0 Å². The molecule has 2 nitrogen and oxygen atoms in total. The van der Waals surface area contributed by atoms with Crippen molar-refractivity contribution in [2.45, 2.75) is 25.4 Å². The molecule has 1 N–H and O–H groups in total. The molecule has 0 aromatic heterocycles. The van der Waals surface area contributed by atoms with Crippen LogP contribution in [0.1, 0.15) is 30.1 Å². The third-order valence-electron chi connectivity index (χ3n) is 2.91. The minimum atomic E-state index is -0.593. The van der Waals surface area contributed by atoms with Gasteiger partial charge in [-0.2, -0.15) is 0 Å². The van der Waals surface area contributed by atoms with Crippen LogP contribution < -0.4 is 0 Å². The second kappa shape index (κ2) is 3.21. The van der Waals surface area contributed by atoms with Gasteiger partial charge in [-0.25, -0.2) is 0 Å². The van der Waals surface area contributed by atoms with E-state index in [1.807, 2.05) is 30.3 Å². The molecular weight excluding hydrogens is 176 g/mol. The Morgan fingerprint density at radius 1 is 1.50 bits per heavy atom. The highest BCUT2D eigenvalue weighted by Gasteiger charge is 2.49. The molecule has 0 bridgehead atoms. The molecule has 0 spiro atoms. The van der Waals surface area contributed by atoms with E-state index in [-0.39, 0.29) is 11.7 Å². The minimum absolute atomic E-state index is 0.133. The summed E-state index contributed by atoms with van der Waals surface area (Å²) in [7, 11) is 0. The highest BCUT2D eigenvalue weighted by Crippen LogP contribution is 2.45. The van der Waals surface area contributed by atoms with Crippen molar-refractivity contribution in [2.75, 3.05) is 0 Å². The third kappa shape index (κ3) is 1.85. The Morgan fingerprint density at radius 3 is 2.57 bits per heavy atom. The van der Waals surface area contributed by atoms with E-state index in [4.69, 9.17) is 0 Å². The topological polar surface area (TPSA) is 37.3 Å². The van der Waals surface area contributed by atoms with E-state index in [9.17, 15) is 9.90 Å². The summed E-state index contributed by atoms with van der Waals surface area (Å²) in [6.07, 6.45) is 1.22. The van der Waals surface area contributed by atoms with Gasteiger partial charge in [-0.05, 0) is 19.3 Å². The summed E-state index contributed by atoms with van der Waals surface area (Å²) < 4.78 is 0. The van der Waals surface area contributed by atoms with E-state index in [2.05, 4.69) is 0 Å². The van der Waals surface area contributed by atoms with Crippen LogP contribution in [0.3, 0.4) is 0 Å². The lowest BCUT2D eigenvalue weighted by Crippen LogP contribution is -2.08. The molecule has 1 aromatic carbocycles. The summed E-state index contributed by atoms with van der Waals surface area (Å²) in [6.45, 7) is 1.79. The van der Waals surface area contributed by atoms with Gasteiger partial charge in [0, 0.05) is 12.0 Å². The third-order valence-corrected chi connectivity index (χ3v) is 2.91. The van der Waals surface area contributed by atoms with E-state index < -0.39 is 5.60 Å². The van der Waals surface area contributed by atoms with E-state index in [1.165, 1.54) is 0 Å². The zero-order valence-electron chi connectivity index (χ0n) is 8.23. The van der Waals surface area contributed by atoms with Crippen molar-refractivity contribution in [2.24, 2.45) is 5.92 Å². The number of carbonyl (C=O) groups is 1. The quantitative estimate of drug-likeness (QED) is 0.740. The molecule has 14 heavy (non-hydrogen) atoms. The van der Waals surface area contributed by atoms with E-state index in [0.717, 1.165) is 12.0 Å². The van der Waals surface area contributed by atoms with Gasteiger partial charge < -0.3 is 5.11 Å². The second-order valence-corrected chi connectivity index (χ2v) is 4.25. The smallest absolute Gasteiger partial charge is 0.163 e. The molecule has 0 unspecified atom stereocenters. The Morgan fingerprint density at radius 2 is 2.07 bits per heavy atom. The number of aliphatic hydroxyl groups is 1. The first-order chi connectivity index (χ1) is 6.59. The van der Waals surface area contributed by atoms with Crippen LogP contribution in [-0.4, -0.2) is 16.5 Å². The summed E-state index contributed by atoms with van der Waals surface area (Å²) >= 11 is 0. The predicted octanol–water partition coefficient (Wildman–Crippen LogP) is 2.03. The predicted molar refractivity (Wildman–Crippen MR) is 54.1 cm³/mol. The molecule has 1 aliphatic rings. The number of hydrogen-bond donors (Lipinski definition) is 1. The lowest BCUT2D eigenvalue weighted by atomic mass is 10.0. The number of Topliss-reactive ketones (excluding diaryl/α,β-unsaturated/α-hetero) is 1. The molecule has 0 saturated heterocycles. The van der Waals surface area contributed by atoms with Crippen molar-refractivity contribution in [1.29, 1.82) is 0 Å². The van der Waals surface area contributed by atoms with Crippen molar-refractivity contribution in [3.8, 4) is 0 Å². The maximum atomic E-state index is 11.7. The number of benzene rings is 1. The Hall–Kier alpha value is -1.15. The van der Waals surface area contributed by atoms with Crippen LogP contribution in [0.2, 0.25) is 0 Å². The van der Waals surface area contributed by atoms with Gasteiger partial charge in [-0.3, -0.25) is 4.79 Å². The fourth-order valence-electron chi connectivity index (χ4n) is 1.70. The first-order valence-corrected chi connectivity index (χ1v) is 4.90. The van der Waals surface area contributed by atoms with Crippen LogP contribution in [0.15, 0.2) is 30.3 Å². The Balaban J connectivity index is 1.98. The molecule has 0 amide bonds. The summed E-state index contributed by atoms with van der Waals surface area (Å²) in [5, 5.41) is 9.54. The number of carbonyl (C=O) groups excluding carboxylic acids is 1. The van der Waals surface area contributed by atoms with Gasteiger partial charge in [-0.1, -0.05) is 30.3 Å². The SMILES string of the molecule is C[C@@]1(O)C[C@@H]1CC(=O)c1ccccc1. The first kappa shape index (κ1) is 9.41. The van der Waals surface area contributed by atoms with E-state index >= 15 is 0 Å². The second-order valence-electron chi connectivity index (χ2n) is 4.25. The maximum Gasteiger partial charge on any atom is 0.163 e. The van der Waals surface area contributed by atoms with Gasteiger partial charge in [0.05, 0.1) is 5.60 Å². The molecule has 2 rings (SSSR count). The lowest BCUT2D eigenvalue weighted by molar-refractivity contribution is 0.0941. The summed E-state index contributed by atoms with van der Waals surface area (Å²) in [4.78, 5) is 11.7. The standard InChI is InChI=1S/C12H14O2/c1-12(14)8-10(12)7-11(13)9-5-3-2-4-6-9/h2-6,10,14H,7-8H2,1H3/t10-,12+/m0/s1. The first-order valence-electron chi connectivity index (χ1n) is 4.90. The lowest BCUT2D eigenvalue weighted by Gasteiger charge is -2.02. The highest BCUT2D eigenvalue weighted by atomic mass is 16.3. The number of ketones is 1.